The van der Waals surface area contributed by atoms with Gasteiger partial charge in [0.2, 0.25) is 5.91 Å². The number of Topliss-reactive ketones (excluding diaryl/α,β-unsaturated/α-hetero) is 1. The van der Waals surface area contributed by atoms with Gasteiger partial charge in [-0.05, 0) is 54.0 Å². The highest BCUT2D eigenvalue weighted by Gasteiger charge is 2.35. The van der Waals surface area contributed by atoms with E-state index in [4.69, 9.17) is 0 Å². The van der Waals surface area contributed by atoms with Gasteiger partial charge >= 0.3 is 0 Å². The van der Waals surface area contributed by atoms with Crippen molar-refractivity contribution in [2.24, 2.45) is 11.3 Å². The summed E-state index contributed by atoms with van der Waals surface area (Å²) in [6.45, 7) is 7.91. The van der Waals surface area contributed by atoms with Crippen LogP contribution in [0.15, 0.2) is 29.8 Å². The van der Waals surface area contributed by atoms with Crippen LogP contribution in [0, 0.1) is 11.3 Å². The van der Waals surface area contributed by atoms with E-state index in [1.807, 2.05) is 30.3 Å². The number of anilines is 1. The van der Waals surface area contributed by atoms with Gasteiger partial charge in [0.05, 0.1) is 0 Å². The second kappa shape index (κ2) is 6.47. The van der Waals surface area contributed by atoms with Crippen LogP contribution in [-0.4, -0.2) is 11.7 Å². The second-order valence-corrected chi connectivity index (χ2v) is 7.15. The molecule has 1 N–H and O–H groups in total. The Kier molecular flexibility index (Phi) is 4.84. The number of hydrogen-bond acceptors (Lipinski definition) is 2. The Labute approximate surface area is 132 Å². The van der Waals surface area contributed by atoms with Gasteiger partial charge in [-0.15, -0.1) is 0 Å². The first-order valence-electron chi connectivity index (χ1n) is 7.90. The lowest BCUT2D eigenvalue weighted by Crippen LogP contribution is -2.32. The summed E-state index contributed by atoms with van der Waals surface area (Å²) in [4.78, 5) is 23.7. The van der Waals surface area contributed by atoms with Crippen LogP contribution >= 0.6 is 0 Å². The molecule has 1 atom stereocenters. The predicted molar refractivity (Wildman–Crippen MR) is 90.5 cm³/mol. The first-order chi connectivity index (χ1) is 10.3. The number of allylic oxidation sites excluding steroid dienone is 1. The first kappa shape index (κ1) is 16.5. The van der Waals surface area contributed by atoms with Crippen LogP contribution in [0.3, 0.4) is 0 Å². The molecular formula is C19H25NO2. The molecule has 2 rings (SSSR count). The number of hydrogen-bond donors (Lipinski definition) is 1. The summed E-state index contributed by atoms with van der Waals surface area (Å²) in [5, 5.41) is 2.74. The SMILES string of the molecule is CC(=O)Nc1ccc(/C=C2\CCC[C@H](C(C)(C)C)C2=O)cc1. The van der Waals surface area contributed by atoms with Gasteiger partial charge in [0, 0.05) is 18.5 Å². The van der Waals surface area contributed by atoms with Crippen molar-refractivity contribution in [1.29, 1.82) is 0 Å². The number of nitrogens with one attached hydrogen (secondary N) is 1. The zero-order chi connectivity index (χ0) is 16.3. The third-order valence-electron chi connectivity index (χ3n) is 4.19. The van der Waals surface area contributed by atoms with Crippen LogP contribution in [-0.2, 0) is 9.59 Å². The van der Waals surface area contributed by atoms with E-state index in [1.54, 1.807) is 0 Å². The summed E-state index contributed by atoms with van der Waals surface area (Å²) in [6, 6.07) is 7.60. The van der Waals surface area contributed by atoms with Gasteiger partial charge in [0.1, 0.15) is 0 Å². The molecule has 0 aliphatic heterocycles. The zero-order valence-corrected chi connectivity index (χ0v) is 13.9. The molecule has 1 fully saturated rings. The van der Waals surface area contributed by atoms with Crippen LogP contribution in [0.25, 0.3) is 6.08 Å². The van der Waals surface area contributed by atoms with Crippen molar-refractivity contribution < 1.29 is 9.59 Å². The van der Waals surface area contributed by atoms with E-state index < -0.39 is 0 Å². The molecule has 0 aromatic heterocycles. The Morgan fingerprint density at radius 3 is 2.41 bits per heavy atom. The van der Waals surface area contributed by atoms with E-state index in [-0.39, 0.29) is 17.2 Å². The number of carbonyl (C=O) groups is 2. The Bertz CT molecular complexity index is 591. The average Bonchev–Trinajstić information content (AvgIpc) is 2.41. The Balaban J connectivity index is 2.17. The van der Waals surface area contributed by atoms with Crippen molar-refractivity contribution in [2.75, 3.05) is 5.32 Å². The second-order valence-electron chi connectivity index (χ2n) is 7.15. The predicted octanol–water partition coefficient (Wildman–Crippen LogP) is 4.44. The molecular weight excluding hydrogens is 274 g/mol. The smallest absolute Gasteiger partial charge is 0.221 e. The maximum Gasteiger partial charge on any atom is 0.221 e. The molecule has 0 saturated heterocycles. The normalized spacial score (nSPS) is 21.0. The molecule has 0 spiro atoms. The zero-order valence-electron chi connectivity index (χ0n) is 13.9. The number of benzene rings is 1. The van der Waals surface area contributed by atoms with Gasteiger partial charge in [-0.2, -0.15) is 0 Å². The van der Waals surface area contributed by atoms with Crippen molar-refractivity contribution in [3.63, 3.8) is 0 Å². The number of amides is 1. The molecule has 0 bridgehead atoms. The van der Waals surface area contributed by atoms with Gasteiger partial charge in [-0.3, -0.25) is 9.59 Å². The van der Waals surface area contributed by atoms with Crippen LogP contribution in [0.1, 0.15) is 52.5 Å². The van der Waals surface area contributed by atoms with Crippen LogP contribution in [0.5, 0.6) is 0 Å². The third-order valence-corrected chi connectivity index (χ3v) is 4.19. The largest absolute Gasteiger partial charge is 0.326 e. The van der Waals surface area contributed by atoms with Crippen molar-refractivity contribution in [3.05, 3.63) is 35.4 Å². The lowest BCUT2D eigenvalue weighted by atomic mass is 9.70. The summed E-state index contributed by atoms with van der Waals surface area (Å²) in [5.74, 6) is 0.331. The minimum Gasteiger partial charge on any atom is -0.326 e. The molecule has 0 radical (unpaired) electrons. The Morgan fingerprint density at radius 1 is 1.23 bits per heavy atom. The molecule has 1 aliphatic carbocycles. The summed E-state index contributed by atoms with van der Waals surface area (Å²) >= 11 is 0. The molecule has 1 aromatic carbocycles. The number of ketones is 1. The molecule has 118 valence electrons. The monoisotopic (exact) mass is 299 g/mol. The fourth-order valence-electron chi connectivity index (χ4n) is 3.01. The lowest BCUT2D eigenvalue weighted by molar-refractivity contribution is -0.123. The van der Waals surface area contributed by atoms with Gasteiger partial charge in [0.25, 0.3) is 0 Å². The maximum absolute atomic E-state index is 12.7. The van der Waals surface area contributed by atoms with E-state index in [0.29, 0.717) is 5.78 Å². The minimum atomic E-state index is -0.0819. The quantitative estimate of drug-likeness (QED) is 0.820. The molecule has 0 heterocycles. The molecule has 0 unspecified atom stereocenters. The number of rotatable bonds is 2. The van der Waals surface area contributed by atoms with E-state index in [1.165, 1.54) is 6.92 Å². The highest BCUT2D eigenvalue weighted by atomic mass is 16.1. The van der Waals surface area contributed by atoms with Crippen molar-refractivity contribution in [2.45, 2.75) is 47.0 Å². The fraction of sp³-hybridized carbons (Fsp3) is 0.474. The van der Waals surface area contributed by atoms with E-state index in [2.05, 4.69) is 26.1 Å². The van der Waals surface area contributed by atoms with E-state index in [0.717, 1.165) is 36.1 Å². The molecule has 1 aliphatic rings. The lowest BCUT2D eigenvalue weighted by Gasteiger charge is -2.33. The number of carbonyl (C=O) groups excluding carboxylic acids is 2. The van der Waals surface area contributed by atoms with Crippen LogP contribution in [0.4, 0.5) is 5.69 Å². The van der Waals surface area contributed by atoms with Gasteiger partial charge in [-0.1, -0.05) is 32.9 Å². The molecule has 1 aromatic rings. The molecule has 22 heavy (non-hydrogen) atoms. The molecule has 1 amide bonds. The fourth-order valence-corrected chi connectivity index (χ4v) is 3.01. The van der Waals surface area contributed by atoms with E-state index in [9.17, 15) is 9.59 Å². The van der Waals surface area contributed by atoms with Crippen molar-refractivity contribution >= 4 is 23.5 Å². The Hall–Kier alpha value is -1.90. The highest BCUT2D eigenvalue weighted by Crippen LogP contribution is 2.38. The summed E-state index contributed by atoms with van der Waals surface area (Å²) in [5.41, 5.74) is 2.73. The summed E-state index contributed by atoms with van der Waals surface area (Å²) in [7, 11) is 0. The van der Waals surface area contributed by atoms with Crippen molar-refractivity contribution in [3.8, 4) is 0 Å². The summed E-state index contributed by atoms with van der Waals surface area (Å²) < 4.78 is 0. The molecule has 3 heteroatoms. The van der Waals surface area contributed by atoms with Gasteiger partial charge in [-0.25, -0.2) is 0 Å². The third kappa shape index (κ3) is 4.06. The first-order valence-corrected chi connectivity index (χ1v) is 7.90. The standard InChI is InChI=1S/C19H25NO2/c1-13(21)20-16-10-8-14(9-11-16)12-15-6-5-7-17(18(15)22)19(2,3)4/h8-12,17H,5-7H2,1-4H3,(H,20,21)/b15-12+/t17-/m0/s1. The molecule has 3 nitrogen and oxygen atoms in total. The van der Waals surface area contributed by atoms with Crippen molar-refractivity contribution in [1.82, 2.24) is 0 Å². The van der Waals surface area contributed by atoms with Crippen LogP contribution in [0.2, 0.25) is 0 Å². The highest BCUT2D eigenvalue weighted by molar-refractivity contribution is 6.02. The van der Waals surface area contributed by atoms with Gasteiger partial charge in [0.15, 0.2) is 5.78 Å². The Morgan fingerprint density at radius 2 is 1.86 bits per heavy atom. The van der Waals surface area contributed by atoms with Crippen LogP contribution < -0.4 is 5.32 Å². The maximum atomic E-state index is 12.7. The summed E-state index contributed by atoms with van der Waals surface area (Å²) in [6.07, 6.45) is 4.92. The van der Waals surface area contributed by atoms with Gasteiger partial charge < -0.3 is 5.32 Å². The van der Waals surface area contributed by atoms with E-state index >= 15 is 0 Å². The average molecular weight is 299 g/mol. The topological polar surface area (TPSA) is 46.2 Å². The molecule has 1 saturated carbocycles. The minimum absolute atomic E-state index is 0.0197.